The minimum atomic E-state index is 0.413. The van der Waals surface area contributed by atoms with Crippen molar-refractivity contribution in [1.82, 2.24) is 4.98 Å². The molecule has 3 heteroatoms. The van der Waals surface area contributed by atoms with Gasteiger partial charge in [-0.05, 0) is 36.7 Å². The van der Waals surface area contributed by atoms with E-state index in [-0.39, 0.29) is 0 Å². The Morgan fingerprint density at radius 3 is 2.79 bits per heavy atom. The lowest BCUT2D eigenvalue weighted by Crippen LogP contribution is -2.28. The fourth-order valence-corrected chi connectivity index (χ4v) is 3.36. The maximum atomic E-state index is 9.10. The Kier molecular flexibility index (Phi) is 4.42. The Bertz CT molecular complexity index is 453. The average Bonchev–Trinajstić information content (AvgIpc) is 2.85. The van der Waals surface area contributed by atoms with E-state index in [0.717, 1.165) is 18.2 Å². The Morgan fingerprint density at radius 1 is 1.42 bits per heavy atom. The molecule has 3 nitrogen and oxygen atoms in total. The van der Waals surface area contributed by atoms with Crippen LogP contribution in [0.1, 0.15) is 51.5 Å². The van der Waals surface area contributed by atoms with Gasteiger partial charge in [0.05, 0.1) is 17.4 Å². The van der Waals surface area contributed by atoms with Gasteiger partial charge in [0.2, 0.25) is 0 Å². The van der Waals surface area contributed by atoms with Crippen LogP contribution in [0.5, 0.6) is 0 Å². The van der Waals surface area contributed by atoms with Crippen LogP contribution in [0.2, 0.25) is 0 Å². The zero-order chi connectivity index (χ0) is 13.7. The first-order chi connectivity index (χ1) is 9.15. The van der Waals surface area contributed by atoms with Crippen molar-refractivity contribution in [2.24, 2.45) is 11.3 Å². The summed E-state index contributed by atoms with van der Waals surface area (Å²) in [5.74, 6) is 0.726. The molecule has 1 aromatic heterocycles. The minimum Gasteiger partial charge on any atom is -0.382 e. The number of aromatic nitrogens is 1. The van der Waals surface area contributed by atoms with Gasteiger partial charge in [-0.1, -0.05) is 26.7 Å². The van der Waals surface area contributed by atoms with Crippen LogP contribution in [0, 0.1) is 22.7 Å². The number of rotatable bonds is 5. The summed E-state index contributed by atoms with van der Waals surface area (Å²) in [7, 11) is 0. The number of hydrogen-bond acceptors (Lipinski definition) is 3. The standard InChI is InChI=1S/C16H23N3/c1-13(2)9-16(6-3-4-7-16)12-19-15-11-18-8-5-14(15)10-17/h5,8,11,13,19H,3-4,6-7,9,12H2,1-2H3. The van der Waals surface area contributed by atoms with E-state index in [1.54, 1.807) is 18.5 Å². The van der Waals surface area contributed by atoms with Crippen molar-refractivity contribution in [2.45, 2.75) is 46.0 Å². The largest absolute Gasteiger partial charge is 0.382 e. The van der Waals surface area contributed by atoms with Gasteiger partial charge in [-0.25, -0.2) is 0 Å². The molecule has 0 aromatic carbocycles. The Morgan fingerprint density at radius 2 is 2.16 bits per heavy atom. The van der Waals surface area contributed by atoms with E-state index in [9.17, 15) is 0 Å². The Hall–Kier alpha value is -1.56. The summed E-state index contributed by atoms with van der Waals surface area (Å²) in [6.07, 6.45) is 9.99. The lowest BCUT2D eigenvalue weighted by molar-refractivity contribution is 0.252. The van der Waals surface area contributed by atoms with Crippen LogP contribution in [0.4, 0.5) is 5.69 Å². The van der Waals surface area contributed by atoms with Crippen molar-refractivity contribution < 1.29 is 0 Å². The van der Waals surface area contributed by atoms with Crippen LogP contribution in [0.3, 0.4) is 0 Å². The third kappa shape index (κ3) is 3.47. The summed E-state index contributed by atoms with van der Waals surface area (Å²) >= 11 is 0. The summed E-state index contributed by atoms with van der Waals surface area (Å²) in [6.45, 7) is 5.56. The first kappa shape index (κ1) is 13.9. The monoisotopic (exact) mass is 257 g/mol. The van der Waals surface area contributed by atoms with E-state index >= 15 is 0 Å². The Balaban J connectivity index is 2.05. The molecular formula is C16H23N3. The zero-order valence-electron chi connectivity index (χ0n) is 11.9. The molecule has 0 bridgehead atoms. The van der Waals surface area contributed by atoms with Gasteiger partial charge in [-0.15, -0.1) is 0 Å². The third-order valence-electron chi connectivity index (χ3n) is 4.10. The maximum Gasteiger partial charge on any atom is 0.101 e. The predicted molar refractivity (Wildman–Crippen MR) is 77.8 cm³/mol. The SMILES string of the molecule is CC(C)CC1(CNc2cnccc2C#N)CCCC1. The molecule has 0 radical (unpaired) electrons. The fourth-order valence-electron chi connectivity index (χ4n) is 3.36. The van der Waals surface area contributed by atoms with Gasteiger partial charge in [0, 0.05) is 12.7 Å². The molecule has 1 fully saturated rings. The minimum absolute atomic E-state index is 0.413. The molecule has 0 unspecified atom stereocenters. The molecule has 19 heavy (non-hydrogen) atoms. The van der Waals surface area contributed by atoms with E-state index in [4.69, 9.17) is 5.26 Å². The normalized spacial score (nSPS) is 17.4. The molecule has 1 saturated carbocycles. The van der Waals surface area contributed by atoms with E-state index < -0.39 is 0 Å². The van der Waals surface area contributed by atoms with Crippen LogP contribution in [0.15, 0.2) is 18.5 Å². The van der Waals surface area contributed by atoms with E-state index in [2.05, 4.69) is 30.2 Å². The predicted octanol–water partition coefficient (Wildman–Crippen LogP) is 3.97. The van der Waals surface area contributed by atoms with E-state index in [1.807, 2.05) is 0 Å². The second-order valence-corrected chi connectivity index (χ2v) is 6.19. The van der Waals surface area contributed by atoms with Crippen molar-refractivity contribution in [1.29, 1.82) is 5.26 Å². The van der Waals surface area contributed by atoms with Gasteiger partial charge in [0.1, 0.15) is 6.07 Å². The van der Waals surface area contributed by atoms with Crippen molar-refractivity contribution in [2.75, 3.05) is 11.9 Å². The van der Waals surface area contributed by atoms with Crippen molar-refractivity contribution in [3.05, 3.63) is 24.0 Å². The summed E-state index contributed by atoms with van der Waals surface area (Å²) in [4.78, 5) is 4.11. The second kappa shape index (κ2) is 6.06. The zero-order valence-corrected chi connectivity index (χ0v) is 11.9. The molecule has 0 atom stereocenters. The number of nitriles is 1. The number of hydrogen-bond donors (Lipinski definition) is 1. The number of nitrogens with one attached hydrogen (secondary N) is 1. The van der Waals surface area contributed by atoms with Gasteiger partial charge >= 0.3 is 0 Å². The van der Waals surface area contributed by atoms with E-state index in [1.165, 1.54) is 32.1 Å². The van der Waals surface area contributed by atoms with Crippen molar-refractivity contribution >= 4 is 5.69 Å². The Labute approximate surface area is 116 Å². The highest BCUT2D eigenvalue weighted by Crippen LogP contribution is 2.43. The van der Waals surface area contributed by atoms with Crippen molar-refractivity contribution in [3.63, 3.8) is 0 Å². The molecular weight excluding hydrogens is 234 g/mol. The van der Waals surface area contributed by atoms with Crippen LogP contribution in [0.25, 0.3) is 0 Å². The van der Waals surface area contributed by atoms with Crippen molar-refractivity contribution in [3.8, 4) is 6.07 Å². The van der Waals surface area contributed by atoms with Crippen LogP contribution in [-0.2, 0) is 0 Å². The molecule has 1 aliphatic carbocycles. The molecule has 102 valence electrons. The van der Waals surface area contributed by atoms with Crippen LogP contribution in [-0.4, -0.2) is 11.5 Å². The summed E-state index contributed by atoms with van der Waals surface area (Å²) < 4.78 is 0. The lowest BCUT2D eigenvalue weighted by atomic mass is 9.78. The van der Waals surface area contributed by atoms with Gasteiger partial charge in [-0.3, -0.25) is 4.98 Å². The first-order valence-corrected chi connectivity index (χ1v) is 7.23. The smallest absolute Gasteiger partial charge is 0.101 e. The molecule has 1 N–H and O–H groups in total. The number of nitrogens with zero attached hydrogens (tertiary/aromatic N) is 2. The molecule has 1 aliphatic rings. The molecule has 0 aliphatic heterocycles. The lowest BCUT2D eigenvalue weighted by Gasteiger charge is -2.31. The van der Waals surface area contributed by atoms with Gasteiger partial charge in [0.25, 0.3) is 0 Å². The molecule has 0 spiro atoms. The highest BCUT2D eigenvalue weighted by Gasteiger charge is 2.34. The molecule has 0 amide bonds. The summed E-state index contributed by atoms with van der Waals surface area (Å²) in [6, 6.07) is 3.99. The first-order valence-electron chi connectivity index (χ1n) is 7.23. The maximum absolute atomic E-state index is 9.10. The molecule has 0 saturated heterocycles. The van der Waals surface area contributed by atoms with Crippen LogP contribution >= 0.6 is 0 Å². The third-order valence-corrected chi connectivity index (χ3v) is 4.10. The number of pyridine rings is 1. The second-order valence-electron chi connectivity index (χ2n) is 6.19. The average molecular weight is 257 g/mol. The van der Waals surface area contributed by atoms with Crippen LogP contribution < -0.4 is 5.32 Å². The van der Waals surface area contributed by atoms with Gasteiger partial charge in [0.15, 0.2) is 0 Å². The number of anilines is 1. The molecule has 1 aromatic rings. The van der Waals surface area contributed by atoms with Gasteiger partial charge in [-0.2, -0.15) is 5.26 Å². The fraction of sp³-hybridized carbons (Fsp3) is 0.625. The van der Waals surface area contributed by atoms with Gasteiger partial charge < -0.3 is 5.32 Å². The topological polar surface area (TPSA) is 48.7 Å². The quantitative estimate of drug-likeness (QED) is 0.868. The summed E-state index contributed by atoms with van der Waals surface area (Å²) in [5, 5.41) is 12.6. The van der Waals surface area contributed by atoms with E-state index in [0.29, 0.717) is 11.0 Å². The molecule has 1 heterocycles. The summed E-state index contributed by atoms with van der Waals surface area (Å²) in [5.41, 5.74) is 1.98. The molecule has 2 rings (SSSR count). The highest BCUT2D eigenvalue weighted by atomic mass is 14.9. The highest BCUT2D eigenvalue weighted by molar-refractivity contribution is 5.55.